The Morgan fingerprint density at radius 2 is 2.04 bits per heavy atom. The second-order valence-electron chi connectivity index (χ2n) is 6.15. The van der Waals surface area contributed by atoms with E-state index in [2.05, 4.69) is 5.32 Å². The number of nitrogens with zero attached hydrogens (tertiary/aromatic N) is 1. The molecule has 0 radical (unpaired) electrons. The number of imide groups is 1. The fourth-order valence-electron chi connectivity index (χ4n) is 3.32. The lowest BCUT2D eigenvalue weighted by molar-refractivity contribution is -0.812. The Hall–Kier alpha value is -1.17. The van der Waals surface area contributed by atoms with Crippen molar-refractivity contribution in [3.8, 4) is 0 Å². The SMILES string of the molecule is CC(C)[N+]1(C(=O)NCc2ccc(F)c(Cl)c2Cl)C(=O)CC[C@H]1C. The van der Waals surface area contributed by atoms with Gasteiger partial charge in [-0.3, -0.25) is 0 Å². The second kappa shape index (κ2) is 6.75. The molecule has 4 nitrogen and oxygen atoms in total. The van der Waals surface area contributed by atoms with Crippen LogP contribution in [-0.2, 0) is 11.3 Å². The minimum absolute atomic E-state index is 0.0730. The van der Waals surface area contributed by atoms with Gasteiger partial charge in [0.05, 0.1) is 22.5 Å². The molecule has 1 fully saturated rings. The maximum absolute atomic E-state index is 13.3. The zero-order valence-corrected chi connectivity index (χ0v) is 14.8. The highest BCUT2D eigenvalue weighted by Gasteiger charge is 2.55. The van der Waals surface area contributed by atoms with Gasteiger partial charge in [-0.25, -0.2) is 14.0 Å². The first-order valence-corrected chi connectivity index (χ1v) is 8.31. The van der Waals surface area contributed by atoms with E-state index in [-0.39, 0.29) is 45.1 Å². The lowest BCUT2D eigenvalue weighted by Crippen LogP contribution is -2.65. The standard InChI is InChI=1S/C16H19Cl2FN2O2/c1-9(2)21(10(3)4-7-13(21)22)16(23)20-8-11-5-6-12(19)15(18)14(11)17/h5-6,9-10H,4,7-8H2,1-3H3/p+1/t10-,21?/m1/s1. The summed E-state index contributed by atoms with van der Waals surface area (Å²) in [5.74, 6) is -0.686. The van der Waals surface area contributed by atoms with Crippen LogP contribution < -0.4 is 5.32 Å². The zero-order chi connectivity index (χ0) is 17.4. The van der Waals surface area contributed by atoms with Gasteiger partial charge in [-0.05, 0) is 32.4 Å². The smallest absolute Gasteiger partial charge is 0.301 e. The minimum atomic E-state index is -0.610. The summed E-state index contributed by atoms with van der Waals surface area (Å²) < 4.78 is 13.1. The topological polar surface area (TPSA) is 46.2 Å². The fraction of sp³-hybridized carbons (Fsp3) is 0.500. The number of hydrogen-bond acceptors (Lipinski definition) is 2. The molecule has 1 saturated heterocycles. The molecule has 1 unspecified atom stereocenters. The van der Waals surface area contributed by atoms with Gasteiger partial charge in [0.1, 0.15) is 11.9 Å². The highest BCUT2D eigenvalue weighted by atomic mass is 35.5. The molecule has 126 valence electrons. The van der Waals surface area contributed by atoms with Crippen LogP contribution >= 0.6 is 23.2 Å². The monoisotopic (exact) mass is 361 g/mol. The molecule has 0 bridgehead atoms. The van der Waals surface area contributed by atoms with E-state index in [0.29, 0.717) is 18.4 Å². The number of quaternary nitrogens is 1. The van der Waals surface area contributed by atoms with Crippen molar-refractivity contribution in [3.63, 3.8) is 0 Å². The number of halogens is 3. The van der Waals surface area contributed by atoms with Crippen molar-refractivity contribution in [1.29, 1.82) is 0 Å². The molecule has 23 heavy (non-hydrogen) atoms. The van der Waals surface area contributed by atoms with Gasteiger partial charge in [0, 0.05) is 13.0 Å². The molecule has 1 aliphatic heterocycles. The average Bonchev–Trinajstić information content (AvgIpc) is 2.80. The first-order chi connectivity index (χ1) is 10.7. The molecule has 2 rings (SSSR count). The van der Waals surface area contributed by atoms with Crippen LogP contribution in [0.3, 0.4) is 0 Å². The molecule has 1 heterocycles. The number of carbonyl (C=O) groups is 2. The van der Waals surface area contributed by atoms with E-state index in [4.69, 9.17) is 23.2 Å². The summed E-state index contributed by atoms with van der Waals surface area (Å²) in [7, 11) is 0. The van der Waals surface area contributed by atoms with Crippen LogP contribution in [0.4, 0.5) is 9.18 Å². The Kier molecular flexibility index (Phi) is 5.33. The number of likely N-dealkylation sites (tertiary alicyclic amines) is 1. The Bertz CT molecular complexity index is 651. The van der Waals surface area contributed by atoms with Gasteiger partial charge in [-0.2, -0.15) is 4.48 Å². The van der Waals surface area contributed by atoms with Crippen molar-refractivity contribution in [2.75, 3.05) is 0 Å². The molecular weight excluding hydrogens is 342 g/mol. The van der Waals surface area contributed by atoms with Crippen LogP contribution in [0.25, 0.3) is 0 Å². The lowest BCUT2D eigenvalue weighted by Gasteiger charge is -2.36. The van der Waals surface area contributed by atoms with Crippen LogP contribution in [0.2, 0.25) is 10.0 Å². The molecule has 1 aromatic carbocycles. The Morgan fingerprint density at radius 3 is 2.57 bits per heavy atom. The molecule has 3 amide bonds. The highest BCUT2D eigenvalue weighted by Crippen LogP contribution is 2.33. The summed E-state index contributed by atoms with van der Waals surface area (Å²) in [6, 6.07) is 2.08. The summed E-state index contributed by atoms with van der Waals surface area (Å²) in [5, 5.41) is 2.66. The van der Waals surface area contributed by atoms with Crippen molar-refractivity contribution in [2.24, 2.45) is 0 Å². The Labute approximate surface area is 145 Å². The summed E-state index contributed by atoms with van der Waals surface area (Å²) in [6.07, 6.45) is 1.09. The second-order valence-corrected chi connectivity index (χ2v) is 6.90. The van der Waals surface area contributed by atoms with E-state index in [0.717, 1.165) is 0 Å². The third-order valence-electron chi connectivity index (χ3n) is 4.58. The number of benzene rings is 1. The van der Waals surface area contributed by atoms with Crippen molar-refractivity contribution < 1.29 is 18.5 Å². The van der Waals surface area contributed by atoms with Gasteiger partial charge in [-0.15, -0.1) is 0 Å². The molecule has 7 heteroatoms. The number of carbonyl (C=O) groups excluding carboxylic acids is 2. The van der Waals surface area contributed by atoms with Crippen molar-refractivity contribution >= 4 is 35.1 Å². The van der Waals surface area contributed by atoms with E-state index in [1.807, 2.05) is 20.8 Å². The predicted octanol–water partition coefficient (Wildman–Crippen LogP) is 4.28. The van der Waals surface area contributed by atoms with Gasteiger partial charge in [0.15, 0.2) is 0 Å². The van der Waals surface area contributed by atoms with Crippen molar-refractivity contribution in [3.05, 3.63) is 33.6 Å². The van der Waals surface area contributed by atoms with E-state index in [9.17, 15) is 14.0 Å². The first kappa shape index (κ1) is 18.2. The fourth-order valence-corrected chi connectivity index (χ4v) is 3.72. The van der Waals surface area contributed by atoms with Gasteiger partial charge in [0.2, 0.25) is 0 Å². The highest BCUT2D eigenvalue weighted by molar-refractivity contribution is 6.42. The minimum Gasteiger partial charge on any atom is -0.301 e. The number of urea groups is 1. The molecule has 0 saturated carbocycles. The molecule has 2 atom stereocenters. The van der Waals surface area contributed by atoms with Gasteiger partial charge < -0.3 is 5.32 Å². The molecule has 0 aliphatic carbocycles. The first-order valence-electron chi connectivity index (χ1n) is 7.55. The van der Waals surface area contributed by atoms with E-state index in [1.165, 1.54) is 12.1 Å². The number of nitrogens with one attached hydrogen (secondary N) is 1. The van der Waals surface area contributed by atoms with Crippen LogP contribution in [0.5, 0.6) is 0 Å². The number of hydrogen-bond donors (Lipinski definition) is 1. The lowest BCUT2D eigenvalue weighted by atomic mass is 10.1. The zero-order valence-electron chi connectivity index (χ0n) is 13.3. The van der Waals surface area contributed by atoms with E-state index in [1.54, 1.807) is 0 Å². The summed E-state index contributed by atoms with van der Waals surface area (Å²) in [6.45, 7) is 5.72. The summed E-state index contributed by atoms with van der Waals surface area (Å²) >= 11 is 11.8. The van der Waals surface area contributed by atoms with Crippen molar-refractivity contribution in [1.82, 2.24) is 5.32 Å². The third kappa shape index (κ3) is 2.97. The van der Waals surface area contributed by atoms with E-state index >= 15 is 0 Å². The Morgan fingerprint density at radius 1 is 1.39 bits per heavy atom. The van der Waals surface area contributed by atoms with Crippen LogP contribution in [0, 0.1) is 5.82 Å². The van der Waals surface area contributed by atoms with E-state index < -0.39 is 5.82 Å². The normalized spacial score (nSPS) is 24.3. The van der Waals surface area contributed by atoms with Crippen LogP contribution in [0.1, 0.15) is 39.2 Å². The number of amides is 3. The maximum Gasteiger partial charge on any atom is 0.424 e. The molecule has 1 aromatic rings. The molecule has 1 N–H and O–H groups in total. The predicted molar refractivity (Wildman–Crippen MR) is 87.8 cm³/mol. The van der Waals surface area contributed by atoms with Gasteiger partial charge in [0.25, 0.3) is 0 Å². The van der Waals surface area contributed by atoms with Gasteiger partial charge in [-0.1, -0.05) is 29.3 Å². The molecule has 0 spiro atoms. The number of rotatable bonds is 3. The third-order valence-corrected chi connectivity index (χ3v) is 5.48. The maximum atomic E-state index is 13.3. The molecule has 1 aliphatic rings. The van der Waals surface area contributed by atoms with Crippen molar-refractivity contribution in [2.45, 2.75) is 52.2 Å². The Balaban J connectivity index is 2.22. The largest absolute Gasteiger partial charge is 0.424 e. The van der Waals surface area contributed by atoms with Crippen LogP contribution in [-0.4, -0.2) is 28.5 Å². The molecular formula is C16H20Cl2FN2O2+. The molecule has 0 aromatic heterocycles. The summed E-state index contributed by atoms with van der Waals surface area (Å²) in [5.41, 5.74) is 0.507. The summed E-state index contributed by atoms with van der Waals surface area (Å²) in [4.78, 5) is 25.1. The average molecular weight is 362 g/mol. The quantitative estimate of drug-likeness (QED) is 0.645. The van der Waals surface area contributed by atoms with Crippen LogP contribution in [0.15, 0.2) is 12.1 Å². The van der Waals surface area contributed by atoms with Gasteiger partial charge >= 0.3 is 11.9 Å².